The van der Waals surface area contributed by atoms with Gasteiger partial charge in [0.2, 0.25) is 10.0 Å². The quantitative estimate of drug-likeness (QED) is 0.633. The van der Waals surface area contributed by atoms with Crippen LogP contribution in [0.3, 0.4) is 0 Å². The van der Waals surface area contributed by atoms with E-state index in [1.54, 1.807) is 37.3 Å². The van der Waals surface area contributed by atoms with Gasteiger partial charge >= 0.3 is 0 Å². The smallest absolute Gasteiger partial charge is 0.270 e. The normalized spacial score (nSPS) is 11.2. The lowest BCUT2D eigenvalue weighted by Crippen LogP contribution is -2.25. The third-order valence-corrected chi connectivity index (χ3v) is 4.48. The van der Waals surface area contributed by atoms with Crippen molar-refractivity contribution in [2.24, 2.45) is 0 Å². The Hall–Kier alpha value is -2.52. The van der Waals surface area contributed by atoms with Gasteiger partial charge in [-0.3, -0.25) is 10.1 Å². The fraction of sp³-hybridized carbons (Fsp3) is 0.214. The molecule has 2 rings (SSSR count). The molecule has 1 heterocycles. The lowest BCUT2D eigenvalue weighted by Gasteiger charge is -2.16. The van der Waals surface area contributed by atoms with Crippen LogP contribution in [-0.2, 0) is 16.6 Å². The van der Waals surface area contributed by atoms with Gasteiger partial charge < -0.3 is 4.90 Å². The molecule has 0 saturated heterocycles. The van der Waals surface area contributed by atoms with E-state index in [2.05, 4.69) is 9.71 Å². The summed E-state index contributed by atoms with van der Waals surface area (Å²) < 4.78 is 27.0. The van der Waals surface area contributed by atoms with Crippen LogP contribution in [0.5, 0.6) is 0 Å². The van der Waals surface area contributed by atoms with Crippen molar-refractivity contribution >= 4 is 21.5 Å². The van der Waals surface area contributed by atoms with E-state index in [0.29, 0.717) is 11.4 Å². The Morgan fingerprint density at radius 2 is 2.00 bits per heavy atom. The summed E-state index contributed by atoms with van der Waals surface area (Å²) in [4.78, 5) is 15.9. The molecule has 0 bridgehead atoms. The lowest BCUT2D eigenvalue weighted by molar-refractivity contribution is -0.385. The molecule has 0 spiro atoms. The minimum absolute atomic E-state index is 0.0341. The topological polar surface area (TPSA) is 105 Å². The summed E-state index contributed by atoms with van der Waals surface area (Å²) in [6.07, 6.45) is 1.62. The first-order chi connectivity index (χ1) is 10.8. The van der Waals surface area contributed by atoms with Crippen LogP contribution in [0.25, 0.3) is 0 Å². The molecule has 1 aromatic carbocycles. The van der Waals surface area contributed by atoms with Crippen molar-refractivity contribution in [3.05, 3.63) is 58.3 Å². The molecular formula is C14H16N4O4S. The average Bonchev–Trinajstić information content (AvgIpc) is 2.53. The fourth-order valence-corrected chi connectivity index (χ4v) is 3.04. The van der Waals surface area contributed by atoms with Crippen LogP contribution in [0.2, 0.25) is 0 Å². The van der Waals surface area contributed by atoms with Crippen LogP contribution in [0.15, 0.2) is 47.5 Å². The molecule has 2 aromatic rings. The Bertz CT molecular complexity index is 821. The summed E-state index contributed by atoms with van der Waals surface area (Å²) in [6, 6.07) is 8.39. The van der Waals surface area contributed by atoms with Crippen molar-refractivity contribution in [1.29, 1.82) is 0 Å². The van der Waals surface area contributed by atoms with Crippen LogP contribution in [0, 0.1) is 10.1 Å². The summed E-state index contributed by atoms with van der Waals surface area (Å²) in [5.41, 5.74) is 0.426. The van der Waals surface area contributed by atoms with Gasteiger partial charge in [-0.25, -0.2) is 18.1 Å². The number of hydrogen-bond acceptors (Lipinski definition) is 6. The van der Waals surface area contributed by atoms with Gasteiger partial charge in [0, 0.05) is 44.5 Å². The molecule has 122 valence electrons. The highest BCUT2D eigenvalue weighted by Crippen LogP contribution is 2.19. The first kappa shape index (κ1) is 16.8. The molecule has 0 aliphatic carbocycles. The molecule has 0 unspecified atom stereocenters. The molecule has 0 atom stereocenters. The van der Waals surface area contributed by atoms with E-state index in [4.69, 9.17) is 0 Å². The standard InChI is InChI=1S/C14H16N4O4S/c1-17(2)14-11(5-4-8-15-14)10-16-23(21,22)13-7-3-6-12(9-13)18(19)20/h3-9,16H,10H2,1-2H3. The summed E-state index contributed by atoms with van der Waals surface area (Å²) >= 11 is 0. The Balaban J connectivity index is 2.23. The van der Waals surface area contributed by atoms with Crippen LogP contribution in [0.1, 0.15) is 5.56 Å². The number of nitrogens with zero attached hydrogens (tertiary/aromatic N) is 3. The van der Waals surface area contributed by atoms with Crippen molar-refractivity contribution in [3.63, 3.8) is 0 Å². The van der Waals surface area contributed by atoms with Gasteiger partial charge in [-0.1, -0.05) is 12.1 Å². The zero-order valence-corrected chi connectivity index (χ0v) is 13.4. The zero-order chi connectivity index (χ0) is 17.0. The van der Waals surface area contributed by atoms with Crippen LogP contribution in [-0.4, -0.2) is 32.4 Å². The minimum atomic E-state index is -3.86. The van der Waals surface area contributed by atoms with Gasteiger partial charge in [-0.05, 0) is 12.1 Å². The van der Waals surface area contributed by atoms with Crippen molar-refractivity contribution in [2.45, 2.75) is 11.4 Å². The molecule has 8 nitrogen and oxygen atoms in total. The molecule has 0 fully saturated rings. The predicted octanol–water partition coefficient (Wildman–Crippen LogP) is 1.53. The van der Waals surface area contributed by atoms with E-state index < -0.39 is 14.9 Å². The molecule has 1 aromatic heterocycles. The van der Waals surface area contributed by atoms with E-state index >= 15 is 0 Å². The number of non-ortho nitro benzene ring substituents is 1. The highest BCUT2D eigenvalue weighted by molar-refractivity contribution is 7.89. The number of anilines is 1. The third-order valence-electron chi connectivity index (χ3n) is 3.08. The second-order valence-electron chi connectivity index (χ2n) is 4.96. The van der Waals surface area contributed by atoms with E-state index in [1.807, 2.05) is 0 Å². The Morgan fingerprint density at radius 1 is 1.26 bits per heavy atom. The zero-order valence-electron chi connectivity index (χ0n) is 12.6. The molecule has 0 aliphatic heterocycles. The minimum Gasteiger partial charge on any atom is -0.362 e. The number of nitro groups is 1. The van der Waals surface area contributed by atoms with Gasteiger partial charge in [0.05, 0.1) is 9.82 Å². The van der Waals surface area contributed by atoms with Gasteiger partial charge in [-0.15, -0.1) is 0 Å². The van der Waals surface area contributed by atoms with Crippen molar-refractivity contribution in [2.75, 3.05) is 19.0 Å². The third kappa shape index (κ3) is 4.02. The maximum Gasteiger partial charge on any atom is 0.270 e. The highest BCUT2D eigenvalue weighted by Gasteiger charge is 2.18. The molecule has 0 amide bonds. The maximum atomic E-state index is 12.3. The Morgan fingerprint density at radius 3 is 2.65 bits per heavy atom. The number of sulfonamides is 1. The molecule has 0 aliphatic rings. The maximum absolute atomic E-state index is 12.3. The van der Waals surface area contributed by atoms with Crippen molar-refractivity contribution in [3.8, 4) is 0 Å². The van der Waals surface area contributed by atoms with E-state index in [9.17, 15) is 18.5 Å². The van der Waals surface area contributed by atoms with Crippen LogP contribution in [0.4, 0.5) is 11.5 Å². The number of nitrogens with one attached hydrogen (secondary N) is 1. The van der Waals surface area contributed by atoms with Gasteiger partial charge in [0.1, 0.15) is 5.82 Å². The summed E-state index contributed by atoms with van der Waals surface area (Å²) in [5, 5.41) is 10.8. The molecule has 23 heavy (non-hydrogen) atoms. The second kappa shape index (κ2) is 6.71. The lowest BCUT2D eigenvalue weighted by atomic mass is 10.2. The number of nitro benzene ring substituents is 1. The van der Waals surface area contributed by atoms with Gasteiger partial charge in [0.25, 0.3) is 5.69 Å². The Kier molecular flexibility index (Phi) is 4.92. The summed E-state index contributed by atoms with van der Waals surface area (Å²) in [7, 11) is -0.245. The number of aromatic nitrogens is 1. The highest BCUT2D eigenvalue weighted by atomic mass is 32.2. The van der Waals surface area contributed by atoms with Gasteiger partial charge in [-0.2, -0.15) is 0 Å². The number of rotatable bonds is 6. The monoisotopic (exact) mass is 336 g/mol. The molecule has 9 heteroatoms. The molecule has 0 radical (unpaired) electrons. The van der Waals surface area contributed by atoms with Gasteiger partial charge in [0.15, 0.2) is 0 Å². The van der Waals surface area contributed by atoms with Crippen LogP contribution >= 0.6 is 0 Å². The first-order valence-corrected chi connectivity index (χ1v) is 8.15. The summed E-state index contributed by atoms with van der Waals surface area (Å²) in [5.74, 6) is 0.647. The Labute approximate surface area is 134 Å². The SMILES string of the molecule is CN(C)c1ncccc1CNS(=O)(=O)c1cccc([N+](=O)[O-])c1. The predicted molar refractivity (Wildman–Crippen MR) is 85.7 cm³/mol. The number of benzene rings is 1. The molecule has 1 N–H and O–H groups in total. The molecular weight excluding hydrogens is 320 g/mol. The second-order valence-corrected chi connectivity index (χ2v) is 6.73. The average molecular weight is 336 g/mol. The number of pyridine rings is 1. The number of hydrogen-bond donors (Lipinski definition) is 1. The van der Waals surface area contributed by atoms with Crippen LogP contribution < -0.4 is 9.62 Å². The first-order valence-electron chi connectivity index (χ1n) is 6.66. The largest absolute Gasteiger partial charge is 0.362 e. The van der Waals surface area contributed by atoms with E-state index in [1.165, 1.54) is 18.2 Å². The molecule has 0 saturated carbocycles. The van der Waals surface area contributed by atoms with E-state index in [0.717, 1.165) is 6.07 Å². The van der Waals surface area contributed by atoms with E-state index in [-0.39, 0.29) is 17.1 Å². The summed E-state index contributed by atoms with van der Waals surface area (Å²) in [6.45, 7) is 0.0341. The fourth-order valence-electron chi connectivity index (χ4n) is 1.99. The van der Waals surface area contributed by atoms with Crippen molar-refractivity contribution in [1.82, 2.24) is 9.71 Å². The van der Waals surface area contributed by atoms with Crippen molar-refractivity contribution < 1.29 is 13.3 Å².